The molecule has 1 saturated heterocycles. The Hall–Kier alpha value is -2.16. The average Bonchev–Trinajstić information content (AvgIpc) is 2.97. The lowest BCUT2D eigenvalue weighted by atomic mass is 9.78. The molecule has 1 fully saturated rings. The van der Waals surface area contributed by atoms with Crippen molar-refractivity contribution < 1.29 is 14.7 Å². The summed E-state index contributed by atoms with van der Waals surface area (Å²) in [6, 6.07) is 0. The molecule has 1 aromatic rings. The Morgan fingerprint density at radius 1 is 1.63 bits per heavy atom. The fraction of sp³-hybridized carbons (Fsp3) is 0.600. The van der Waals surface area contributed by atoms with Crippen LogP contribution in [0, 0.1) is 5.41 Å². The van der Waals surface area contributed by atoms with Crippen LogP contribution < -0.4 is 11.1 Å². The van der Waals surface area contributed by atoms with E-state index in [1.54, 1.807) is 0 Å². The van der Waals surface area contributed by atoms with Gasteiger partial charge in [-0.15, -0.1) is 0 Å². The minimum Gasteiger partial charge on any atom is -0.409 e. The van der Waals surface area contributed by atoms with Crippen LogP contribution in [0.1, 0.15) is 18.7 Å². The molecule has 2 rings (SSSR count). The van der Waals surface area contributed by atoms with Crippen molar-refractivity contribution in [1.82, 2.24) is 20.5 Å². The Morgan fingerprint density at radius 2 is 2.37 bits per heavy atom. The molecule has 0 atom stereocenters. The normalized spacial score (nSPS) is 19.1. The largest absolute Gasteiger partial charge is 0.409 e. The van der Waals surface area contributed by atoms with Gasteiger partial charge in [-0.2, -0.15) is 5.10 Å². The van der Waals surface area contributed by atoms with Crippen LogP contribution in [0.4, 0.5) is 0 Å². The Bertz CT molecular complexity index is 452. The monoisotopic (exact) mass is 268 g/mol. The molecule has 0 unspecified atom stereocenters. The predicted octanol–water partition coefficient (Wildman–Crippen LogP) is -1.04. The predicted molar refractivity (Wildman–Crippen MR) is 64.1 cm³/mol. The maximum atomic E-state index is 12.3. The number of nitrogens with zero attached hydrogens (tertiary/aromatic N) is 3. The third-order valence-electron chi connectivity index (χ3n) is 3.26. The van der Waals surface area contributed by atoms with Crippen LogP contribution in [0.15, 0.2) is 11.5 Å². The van der Waals surface area contributed by atoms with Crippen molar-refractivity contribution in [2.45, 2.75) is 19.4 Å². The summed E-state index contributed by atoms with van der Waals surface area (Å²) < 4.78 is 5.22. The number of rotatable bonds is 4. The highest BCUT2D eigenvalue weighted by Gasteiger charge is 2.44. The molecule has 0 spiro atoms. The molecule has 1 aliphatic heterocycles. The van der Waals surface area contributed by atoms with Gasteiger partial charge >= 0.3 is 0 Å². The Kier molecular flexibility index (Phi) is 3.95. The second-order valence-corrected chi connectivity index (χ2v) is 4.29. The molecular formula is C10H16N6O3. The molecule has 0 aliphatic carbocycles. The van der Waals surface area contributed by atoms with Gasteiger partial charge in [0.05, 0.1) is 6.54 Å². The van der Waals surface area contributed by atoms with Crippen LogP contribution in [-0.4, -0.2) is 45.3 Å². The van der Waals surface area contributed by atoms with Gasteiger partial charge in [-0.25, -0.2) is 4.98 Å². The first-order valence-electron chi connectivity index (χ1n) is 5.87. The number of amides is 1. The second-order valence-electron chi connectivity index (χ2n) is 4.29. The first kappa shape index (κ1) is 13.3. The minimum absolute atomic E-state index is 0.0918. The average molecular weight is 268 g/mol. The summed E-state index contributed by atoms with van der Waals surface area (Å²) in [5, 5.41) is 20.9. The van der Waals surface area contributed by atoms with E-state index in [2.05, 4.69) is 25.7 Å². The standard InChI is InChI=1S/C10H16N6O3/c11-8(16-18)10(1-3-19-4-2-10)9(17)12-5-7-13-6-14-15-7/h6,18H,1-5H2,(H2,11,16)(H,12,17)(H,13,14,15). The van der Waals surface area contributed by atoms with Gasteiger partial charge in [0.2, 0.25) is 5.91 Å². The van der Waals surface area contributed by atoms with E-state index < -0.39 is 5.41 Å². The van der Waals surface area contributed by atoms with Crippen molar-refractivity contribution >= 4 is 11.7 Å². The zero-order chi connectivity index (χ0) is 13.7. The molecule has 1 aromatic heterocycles. The number of amidine groups is 1. The highest BCUT2D eigenvalue weighted by molar-refractivity contribution is 6.06. The number of oxime groups is 1. The van der Waals surface area contributed by atoms with E-state index in [4.69, 9.17) is 15.7 Å². The van der Waals surface area contributed by atoms with Gasteiger partial charge < -0.3 is 21.0 Å². The molecule has 9 heteroatoms. The number of nitrogens with one attached hydrogen (secondary N) is 2. The van der Waals surface area contributed by atoms with Crippen LogP contribution in [0.3, 0.4) is 0 Å². The van der Waals surface area contributed by atoms with Crippen molar-refractivity contribution in [2.75, 3.05) is 13.2 Å². The fourth-order valence-corrected chi connectivity index (χ4v) is 2.06. The van der Waals surface area contributed by atoms with Gasteiger partial charge in [-0.05, 0) is 12.8 Å². The molecule has 0 radical (unpaired) electrons. The van der Waals surface area contributed by atoms with E-state index in [9.17, 15) is 4.79 Å². The van der Waals surface area contributed by atoms with E-state index in [1.807, 2.05) is 0 Å². The van der Waals surface area contributed by atoms with Crippen LogP contribution in [0.25, 0.3) is 0 Å². The van der Waals surface area contributed by atoms with Crippen molar-refractivity contribution in [3.63, 3.8) is 0 Å². The molecule has 0 aromatic carbocycles. The summed E-state index contributed by atoms with van der Waals surface area (Å²) in [5.41, 5.74) is 4.66. The van der Waals surface area contributed by atoms with Gasteiger partial charge in [0.1, 0.15) is 17.6 Å². The fourth-order valence-electron chi connectivity index (χ4n) is 2.06. The first-order chi connectivity index (χ1) is 9.19. The lowest BCUT2D eigenvalue weighted by molar-refractivity contribution is -0.131. The van der Waals surface area contributed by atoms with Crippen LogP contribution in [-0.2, 0) is 16.1 Å². The number of ether oxygens (including phenoxy) is 1. The molecule has 104 valence electrons. The van der Waals surface area contributed by atoms with Crippen molar-refractivity contribution in [3.05, 3.63) is 12.2 Å². The first-order valence-corrected chi connectivity index (χ1v) is 5.87. The topological polar surface area (TPSA) is 139 Å². The quantitative estimate of drug-likeness (QED) is 0.238. The van der Waals surface area contributed by atoms with Crippen LogP contribution in [0.5, 0.6) is 0 Å². The van der Waals surface area contributed by atoms with Gasteiger partial charge in [0.15, 0.2) is 5.84 Å². The van der Waals surface area contributed by atoms with Gasteiger partial charge in [0, 0.05) is 13.2 Å². The summed E-state index contributed by atoms with van der Waals surface area (Å²) in [4.78, 5) is 16.2. The molecule has 1 amide bonds. The SMILES string of the molecule is NC(=NO)C1(C(=O)NCc2ncn[nH]2)CCOCC1. The van der Waals surface area contributed by atoms with Crippen molar-refractivity contribution in [2.24, 2.45) is 16.3 Å². The molecule has 0 bridgehead atoms. The molecule has 5 N–H and O–H groups in total. The highest BCUT2D eigenvalue weighted by atomic mass is 16.5. The van der Waals surface area contributed by atoms with Crippen molar-refractivity contribution in [1.29, 1.82) is 0 Å². The van der Waals surface area contributed by atoms with Crippen LogP contribution >= 0.6 is 0 Å². The number of aromatic nitrogens is 3. The van der Waals surface area contributed by atoms with Gasteiger partial charge in [-0.3, -0.25) is 9.89 Å². The number of carbonyl (C=O) groups excluding carboxylic acids is 1. The lowest BCUT2D eigenvalue weighted by Gasteiger charge is -2.34. The second kappa shape index (κ2) is 5.65. The summed E-state index contributed by atoms with van der Waals surface area (Å²) >= 11 is 0. The summed E-state index contributed by atoms with van der Waals surface area (Å²) in [6.07, 6.45) is 2.12. The number of nitrogens with two attached hydrogens (primary N) is 1. The van der Waals surface area contributed by atoms with Crippen LogP contribution in [0.2, 0.25) is 0 Å². The molecule has 9 nitrogen and oxygen atoms in total. The zero-order valence-corrected chi connectivity index (χ0v) is 10.3. The summed E-state index contributed by atoms with van der Waals surface area (Å²) in [7, 11) is 0. The number of H-pyrrole nitrogens is 1. The molecule has 19 heavy (non-hydrogen) atoms. The maximum Gasteiger partial charge on any atom is 0.234 e. The number of hydrogen-bond donors (Lipinski definition) is 4. The number of carbonyl (C=O) groups is 1. The smallest absolute Gasteiger partial charge is 0.234 e. The summed E-state index contributed by atoms with van der Waals surface area (Å²) in [5.74, 6) is 0.142. The Morgan fingerprint density at radius 3 is 2.95 bits per heavy atom. The highest BCUT2D eigenvalue weighted by Crippen LogP contribution is 2.31. The third kappa shape index (κ3) is 2.65. The van der Waals surface area contributed by atoms with E-state index in [0.717, 1.165) is 0 Å². The third-order valence-corrected chi connectivity index (χ3v) is 3.26. The molecule has 1 aliphatic rings. The Balaban J connectivity index is 2.07. The molecule has 0 saturated carbocycles. The van der Waals surface area contributed by atoms with E-state index >= 15 is 0 Å². The Labute approximate surface area is 109 Å². The van der Waals surface area contributed by atoms with Gasteiger partial charge in [0.25, 0.3) is 0 Å². The zero-order valence-electron chi connectivity index (χ0n) is 10.3. The number of hydrogen-bond acceptors (Lipinski definition) is 6. The molecular weight excluding hydrogens is 252 g/mol. The minimum atomic E-state index is -1.02. The number of aromatic amines is 1. The van der Waals surface area contributed by atoms with Gasteiger partial charge in [-0.1, -0.05) is 5.16 Å². The summed E-state index contributed by atoms with van der Waals surface area (Å²) in [6.45, 7) is 0.998. The molecule has 2 heterocycles. The van der Waals surface area contributed by atoms with E-state index in [1.165, 1.54) is 6.33 Å². The maximum absolute atomic E-state index is 12.3. The van der Waals surface area contributed by atoms with E-state index in [-0.39, 0.29) is 18.3 Å². The van der Waals surface area contributed by atoms with Crippen molar-refractivity contribution in [3.8, 4) is 0 Å². The lowest BCUT2D eigenvalue weighted by Crippen LogP contribution is -2.52. The van der Waals surface area contributed by atoms with E-state index in [0.29, 0.717) is 31.9 Å².